The van der Waals surface area contributed by atoms with Crippen LogP contribution in [0.5, 0.6) is 0 Å². The summed E-state index contributed by atoms with van der Waals surface area (Å²) in [5.74, 6) is -1.45. The molecule has 10 heteroatoms. The van der Waals surface area contributed by atoms with Crippen LogP contribution >= 0.6 is 0 Å². The van der Waals surface area contributed by atoms with Gasteiger partial charge in [0.1, 0.15) is 23.3 Å². The maximum Gasteiger partial charge on any atom is 0.146 e. The van der Waals surface area contributed by atoms with E-state index in [9.17, 15) is 8.78 Å². The summed E-state index contributed by atoms with van der Waals surface area (Å²) in [6.45, 7) is 7.86. The molecule has 1 aromatic carbocycles. The molecule has 1 fully saturated rings. The summed E-state index contributed by atoms with van der Waals surface area (Å²) in [6.07, 6.45) is 4.12. The predicted molar refractivity (Wildman–Crippen MR) is 128 cm³/mol. The SMILES string of the molecule is CC(C)C(N)=NC(=N)/C=C\C(N)=C(\C=NCCN1CCOCC1)C(=N)c1ccc(F)cc1F. The van der Waals surface area contributed by atoms with Crippen molar-refractivity contribution >= 4 is 23.6 Å². The monoisotopic (exact) mass is 459 g/mol. The number of rotatable bonds is 9. The minimum atomic E-state index is -0.877. The van der Waals surface area contributed by atoms with Gasteiger partial charge in [-0.2, -0.15) is 0 Å². The molecule has 0 spiro atoms. The van der Waals surface area contributed by atoms with E-state index in [0.717, 1.165) is 19.2 Å². The van der Waals surface area contributed by atoms with E-state index in [-0.39, 0.29) is 34.3 Å². The molecule has 0 aliphatic carbocycles. The van der Waals surface area contributed by atoms with Crippen LogP contribution in [0.1, 0.15) is 19.4 Å². The number of morpholine rings is 1. The van der Waals surface area contributed by atoms with Gasteiger partial charge in [0, 0.05) is 54.7 Å². The Bertz CT molecular complexity index is 977. The van der Waals surface area contributed by atoms with Crippen molar-refractivity contribution in [1.29, 1.82) is 10.8 Å². The van der Waals surface area contributed by atoms with Crippen LogP contribution in [0.2, 0.25) is 0 Å². The zero-order valence-corrected chi connectivity index (χ0v) is 18.9. The average molecular weight is 460 g/mol. The summed E-state index contributed by atoms with van der Waals surface area (Å²) in [5, 5.41) is 16.4. The van der Waals surface area contributed by atoms with Crippen molar-refractivity contribution in [3.8, 4) is 0 Å². The van der Waals surface area contributed by atoms with Crippen molar-refractivity contribution in [1.82, 2.24) is 4.90 Å². The number of hydrogen-bond donors (Lipinski definition) is 4. The van der Waals surface area contributed by atoms with E-state index in [1.54, 1.807) is 0 Å². The molecule has 0 saturated carbocycles. The van der Waals surface area contributed by atoms with Gasteiger partial charge in [0.25, 0.3) is 0 Å². The molecule has 2 rings (SSSR count). The molecule has 0 amide bonds. The number of nitrogens with one attached hydrogen (secondary N) is 2. The first-order valence-corrected chi connectivity index (χ1v) is 10.6. The normalized spacial score (nSPS) is 16.6. The Morgan fingerprint density at radius 1 is 1.18 bits per heavy atom. The lowest BCUT2D eigenvalue weighted by Crippen LogP contribution is -2.37. The van der Waals surface area contributed by atoms with Crippen LogP contribution in [0.4, 0.5) is 8.78 Å². The van der Waals surface area contributed by atoms with Gasteiger partial charge in [-0.25, -0.2) is 13.8 Å². The number of allylic oxidation sites excluding steroid dienone is 2. The number of ether oxygens (including phenoxy) is 1. The second kappa shape index (κ2) is 12.7. The first kappa shape index (κ1) is 26.0. The highest BCUT2D eigenvalue weighted by Gasteiger charge is 2.15. The van der Waals surface area contributed by atoms with E-state index in [1.807, 2.05) is 13.8 Å². The topological polar surface area (TPSA) is 137 Å². The molecular formula is C23H31F2N7O. The minimum Gasteiger partial charge on any atom is -0.398 e. The fourth-order valence-electron chi connectivity index (χ4n) is 2.86. The zero-order chi connectivity index (χ0) is 24.4. The third-order valence-electron chi connectivity index (χ3n) is 4.91. The zero-order valence-electron chi connectivity index (χ0n) is 18.9. The summed E-state index contributed by atoms with van der Waals surface area (Å²) in [7, 11) is 0. The van der Waals surface area contributed by atoms with E-state index in [1.165, 1.54) is 24.4 Å². The summed E-state index contributed by atoms with van der Waals surface area (Å²) in [6, 6.07) is 2.97. The molecule has 0 bridgehead atoms. The van der Waals surface area contributed by atoms with Crippen LogP contribution in [0.25, 0.3) is 0 Å². The third-order valence-corrected chi connectivity index (χ3v) is 4.91. The molecule has 0 unspecified atom stereocenters. The van der Waals surface area contributed by atoms with Crippen molar-refractivity contribution < 1.29 is 13.5 Å². The summed E-state index contributed by atoms with van der Waals surface area (Å²) < 4.78 is 32.9. The lowest BCUT2D eigenvalue weighted by Gasteiger charge is -2.25. The first-order valence-electron chi connectivity index (χ1n) is 10.6. The Kier molecular flexibility index (Phi) is 10.0. The predicted octanol–water partition coefficient (Wildman–Crippen LogP) is 2.50. The van der Waals surface area contributed by atoms with Gasteiger partial charge in [-0.15, -0.1) is 0 Å². The van der Waals surface area contributed by atoms with Gasteiger partial charge >= 0.3 is 0 Å². The molecule has 1 aliphatic rings. The Labute approximate surface area is 192 Å². The molecule has 0 aromatic heterocycles. The van der Waals surface area contributed by atoms with Crippen LogP contribution in [0.3, 0.4) is 0 Å². The van der Waals surface area contributed by atoms with Gasteiger partial charge in [-0.3, -0.25) is 20.7 Å². The Morgan fingerprint density at radius 3 is 2.52 bits per heavy atom. The van der Waals surface area contributed by atoms with Crippen molar-refractivity contribution in [3.63, 3.8) is 0 Å². The van der Waals surface area contributed by atoms with Gasteiger partial charge < -0.3 is 16.2 Å². The molecule has 1 aromatic rings. The average Bonchev–Trinajstić information content (AvgIpc) is 2.77. The molecule has 1 saturated heterocycles. The quantitative estimate of drug-likeness (QED) is 0.256. The lowest BCUT2D eigenvalue weighted by molar-refractivity contribution is 0.0395. The standard InChI is InChI=1S/C23H31F2N7O/c1-15(2)23(29)31-21(27)6-5-20(26)18(14-30-7-8-32-9-11-33-12-10-32)22(28)17-4-3-16(24)13-19(17)25/h3-6,13-15,28H,7-12,26H2,1-2H3,(H3,27,29,31)/b6-5-,20-18+,28-22?,30-14?. The van der Waals surface area contributed by atoms with Crippen LogP contribution in [0.15, 0.2) is 51.6 Å². The summed E-state index contributed by atoms with van der Waals surface area (Å²) in [4.78, 5) is 10.5. The number of hydrogen-bond acceptors (Lipinski definition) is 6. The van der Waals surface area contributed by atoms with Gasteiger partial charge in [-0.05, 0) is 24.3 Å². The number of aliphatic imine (C=N–C) groups is 2. The van der Waals surface area contributed by atoms with E-state index in [2.05, 4.69) is 14.9 Å². The van der Waals surface area contributed by atoms with Crippen LogP contribution < -0.4 is 11.5 Å². The third kappa shape index (κ3) is 8.32. The molecule has 1 aliphatic heterocycles. The molecule has 8 nitrogen and oxygen atoms in total. The smallest absolute Gasteiger partial charge is 0.146 e. The fraction of sp³-hybridized carbons (Fsp3) is 0.391. The maximum absolute atomic E-state index is 14.3. The van der Waals surface area contributed by atoms with Gasteiger partial charge in [0.2, 0.25) is 0 Å². The minimum absolute atomic E-state index is 0.0181. The Hall–Kier alpha value is -3.24. The molecule has 6 N–H and O–H groups in total. The maximum atomic E-state index is 14.3. The Balaban J connectivity index is 2.26. The summed E-state index contributed by atoms with van der Waals surface area (Å²) >= 11 is 0. The largest absolute Gasteiger partial charge is 0.398 e. The van der Waals surface area contributed by atoms with Crippen LogP contribution in [-0.2, 0) is 4.74 Å². The van der Waals surface area contributed by atoms with Gasteiger partial charge in [-0.1, -0.05) is 13.8 Å². The highest BCUT2D eigenvalue weighted by molar-refractivity contribution is 6.23. The number of halogens is 2. The number of nitrogens with zero attached hydrogens (tertiary/aromatic N) is 3. The number of nitrogens with two attached hydrogens (primary N) is 2. The highest BCUT2D eigenvalue weighted by atomic mass is 19.1. The number of benzene rings is 1. The van der Waals surface area contributed by atoms with Crippen molar-refractivity contribution in [2.45, 2.75) is 13.8 Å². The van der Waals surface area contributed by atoms with Crippen molar-refractivity contribution in [3.05, 3.63) is 58.8 Å². The molecule has 0 atom stereocenters. The molecule has 33 heavy (non-hydrogen) atoms. The fourth-order valence-corrected chi connectivity index (χ4v) is 2.86. The summed E-state index contributed by atoms with van der Waals surface area (Å²) in [5.41, 5.74) is 11.8. The second-order valence-electron chi connectivity index (χ2n) is 7.77. The van der Waals surface area contributed by atoms with Crippen molar-refractivity contribution in [2.24, 2.45) is 27.4 Å². The molecule has 178 valence electrons. The van der Waals surface area contributed by atoms with Gasteiger partial charge in [0.15, 0.2) is 0 Å². The highest BCUT2D eigenvalue weighted by Crippen LogP contribution is 2.15. The lowest BCUT2D eigenvalue weighted by atomic mass is 10.0. The Morgan fingerprint density at radius 2 is 1.88 bits per heavy atom. The molecule has 1 heterocycles. The van der Waals surface area contributed by atoms with Crippen LogP contribution in [-0.4, -0.2) is 67.9 Å². The first-order chi connectivity index (χ1) is 15.7. The molecular weight excluding hydrogens is 428 g/mol. The van der Waals surface area contributed by atoms with E-state index in [0.29, 0.717) is 38.2 Å². The molecule has 0 radical (unpaired) electrons. The van der Waals surface area contributed by atoms with Gasteiger partial charge in [0.05, 0.1) is 25.5 Å². The van der Waals surface area contributed by atoms with E-state index in [4.69, 9.17) is 27.0 Å². The van der Waals surface area contributed by atoms with E-state index < -0.39 is 11.6 Å². The van der Waals surface area contributed by atoms with Crippen LogP contribution in [0, 0.1) is 28.4 Å². The van der Waals surface area contributed by atoms with E-state index >= 15 is 0 Å². The number of amidine groups is 2. The second-order valence-corrected chi connectivity index (χ2v) is 7.77. The van der Waals surface area contributed by atoms with Crippen molar-refractivity contribution in [2.75, 3.05) is 39.4 Å².